The summed E-state index contributed by atoms with van der Waals surface area (Å²) in [6.07, 6.45) is 6.26. The van der Waals surface area contributed by atoms with Gasteiger partial charge in [0.2, 0.25) is 0 Å². The Labute approximate surface area is 209 Å². The van der Waals surface area contributed by atoms with Crippen molar-refractivity contribution in [3.63, 3.8) is 0 Å². The van der Waals surface area contributed by atoms with Gasteiger partial charge in [-0.3, -0.25) is 0 Å². The Bertz CT molecular complexity index is 941. The third-order valence-corrected chi connectivity index (χ3v) is 7.56. The van der Waals surface area contributed by atoms with Crippen LogP contribution in [-0.4, -0.2) is 24.5 Å². The normalized spacial score (nSPS) is 15.4. The molecule has 182 valence electrons. The van der Waals surface area contributed by atoms with Crippen molar-refractivity contribution in [3.8, 4) is 0 Å². The van der Waals surface area contributed by atoms with E-state index in [2.05, 4.69) is 112 Å². The van der Waals surface area contributed by atoms with Gasteiger partial charge >= 0.3 is 0 Å². The second kappa shape index (κ2) is 13.5. The predicted molar refractivity (Wildman–Crippen MR) is 149 cm³/mol. The van der Waals surface area contributed by atoms with E-state index in [-0.39, 0.29) is 0 Å². The van der Waals surface area contributed by atoms with Crippen molar-refractivity contribution >= 4 is 0 Å². The van der Waals surface area contributed by atoms with Crippen LogP contribution in [0.3, 0.4) is 0 Å². The first-order valence-electron chi connectivity index (χ1n) is 13.3. The van der Waals surface area contributed by atoms with Crippen molar-refractivity contribution in [1.29, 1.82) is 0 Å². The van der Waals surface area contributed by atoms with E-state index in [1.54, 1.807) is 0 Å². The van der Waals surface area contributed by atoms with E-state index in [0.29, 0.717) is 5.92 Å². The van der Waals surface area contributed by atoms with E-state index in [4.69, 9.17) is 0 Å². The SMILES string of the molecule is CCc1ccc(CC(CCN2CCC(C)CC2)c2ccc(C)cc2)cc1.Cc1ccccc1C. The minimum absolute atomic E-state index is 0.613. The summed E-state index contributed by atoms with van der Waals surface area (Å²) < 4.78 is 0. The molecule has 4 rings (SSSR count). The zero-order valence-corrected chi connectivity index (χ0v) is 22.2. The molecule has 3 aromatic rings. The van der Waals surface area contributed by atoms with Crippen molar-refractivity contribution < 1.29 is 0 Å². The van der Waals surface area contributed by atoms with E-state index in [0.717, 1.165) is 18.8 Å². The van der Waals surface area contributed by atoms with Crippen molar-refractivity contribution in [3.05, 3.63) is 106 Å². The summed E-state index contributed by atoms with van der Waals surface area (Å²) in [5, 5.41) is 0. The molecule has 1 fully saturated rings. The molecule has 0 aromatic heterocycles. The van der Waals surface area contributed by atoms with E-state index in [1.165, 1.54) is 72.3 Å². The molecule has 0 spiro atoms. The van der Waals surface area contributed by atoms with Crippen LogP contribution in [-0.2, 0) is 12.8 Å². The molecule has 34 heavy (non-hydrogen) atoms. The number of nitrogens with zero attached hydrogens (tertiary/aromatic N) is 1. The maximum Gasteiger partial charge on any atom is -0.00128 e. The molecule has 1 unspecified atom stereocenters. The second-order valence-electron chi connectivity index (χ2n) is 10.4. The molecule has 0 amide bonds. The first kappa shape index (κ1) is 26.2. The molecule has 1 saturated heterocycles. The van der Waals surface area contributed by atoms with Crippen molar-refractivity contribution in [2.45, 2.75) is 72.6 Å². The number of aryl methyl sites for hydroxylation is 4. The highest BCUT2D eigenvalue weighted by Crippen LogP contribution is 2.27. The molecule has 0 N–H and O–H groups in total. The Balaban J connectivity index is 0.000000343. The summed E-state index contributed by atoms with van der Waals surface area (Å²) in [5.74, 6) is 1.53. The van der Waals surface area contributed by atoms with Crippen molar-refractivity contribution in [2.24, 2.45) is 5.92 Å². The van der Waals surface area contributed by atoms with Gasteiger partial charge < -0.3 is 4.90 Å². The Morgan fingerprint density at radius 2 is 1.32 bits per heavy atom. The second-order valence-corrected chi connectivity index (χ2v) is 10.4. The lowest BCUT2D eigenvalue weighted by molar-refractivity contribution is 0.186. The van der Waals surface area contributed by atoms with E-state index in [1.807, 2.05) is 0 Å². The van der Waals surface area contributed by atoms with Crippen LogP contribution in [0, 0.1) is 26.7 Å². The number of benzene rings is 3. The lowest BCUT2D eigenvalue weighted by Gasteiger charge is -2.31. The van der Waals surface area contributed by atoms with Gasteiger partial charge in [0.25, 0.3) is 0 Å². The maximum absolute atomic E-state index is 2.68. The van der Waals surface area contributed by atoms with Crippen molar-refractivity contribution in [1.82, 2.24) is 4.90 Å². The molecule has 1 heteroatoms. The van der Waals surface area contributed by atoms with Gasteiger partial charge in [0.1, 0.15) is 0 Å². The Morgan fingerprint density at radius 1 is 0.765 bits per heavy atom. The van der Waals surface area contributed by atoms with E-state index in [9.17, 15) is 0 Å². The Morgan fingerprint density at radius 3 is 1.85 bits per heavy atom. The lowest BCUT2D eigenvalue weighted by atomic mass is 9.88. The third-order valence-electron chi connectivity index (χ3n) is 7.56. The fraction of sp³-hybridized carbons (Fsp3) is 0.455. The van der Waals surface area contributed by atoms with Crippen LogP contribution in [0.2, 0.25) is 0 Å². The van der Waals surface area contributed by atoms with Crippen LogP contribution in [0.25, 0.3) is 0 Å². The van der Waals surface area contributed by atoms with Gasteiger partial charge in [0.15, 0.2) is 0 Å². The molecule has 3 aromatic carbocycles. The summed E-state index contributed by atoms with van der Waals surface area (Å²) in [5.41, 5.74) is 8.49. The molecule has 0 radical (unpaired) electrons. The summed E-state index contributed by atoms with van der Waals surface area (Å²) in [6, 6.07) is 26.9. The third kappa shape index (κ3) is 8.44. The van der Waals surface area contributed by atoms with E-state index >= 15 is 0 Å². The molecule has 1 atom stereocenters. The zero-order valence-electron chi connectivity index (χ0n) is 22.2. The molecule has 1 aliphatic heterocycles. The van der Waals surface area contributed by atoms with Gasteiger partial charge in [-0.25, -0.2) is 0 Å². The monoisotopic (exact) mass is 455 g/mol. The average Bonchev–Trinajstić information content (AvgIpc) is 2.86. The molecule has 1 aliphatic rings. The predicted octanol–water partition coefficient (Wildman–Crippen LogP) is 8.31. The first-order valence-corrected chi connectivity index (χ1v) is 13.3. The van der Waals surface area contributed by atoms with Crippen LogP contribution in [0.15, 0.2) is 72.8 Å². The van der Waals surface area contributed by atoms with Gasteiger partial charge in [-0.2, -0.15) is 0 Å². The highest BCUT2D eigenvalue weighted by molar-refractivity contribution is 5.29. The molecular weight excluding hydrogens is 410 g/mol. The van der Waals surface area contributed by atoms with Crippen LogP contribution in [0.5, 0.6) is 0 Å². The minimum Gasteiger partial charge on any atom is -0.303 e. The topological polar surface area (TPSA) is 3.24 Å². The quantitative estimate of drug-likeness (QED) is 0.346. The lowest BCUT2D eigenvalue weighted by Crippen LogP contribution is -2.34. The van der Waals surface area contributed by atoms with Gasteiger partial charge in [-0.15, -0.1) is 0 Å². The molecule has 1 nitrogen and oxygen atoms in total. The minimum atomic E-state index is 0.613. The van der Waals surface area contributed by atoms with Gasteiger partial charge in [0.05, 0.1) is 0 Å². The smallest absolute Gasteiger partial charge is 0.00128 e. The van der Waals surface area contributed by atoms with Gasteiger partial charge in [-0.05, 0) is 112 Å². The molecule has 0 aliphatic carbocycles. The van der Waals surface area contributed by atoms with Crippen LogP contribution in [0.1, 0.15) is 72.4 Å². The Hall–Kier alpha value is -2.38. The van der Waals surface area contributed by atoms with Crippen LogP contribution in [0.4, 0.5) is 0 Å². The van der Waals surface area contributed by atoms with Crippen molar-refractivity contribution in [2.75, 3.05) is 19.6 Å². The zero-order chi connectivity index (χ0) is 24.3. The van der Waals surface area contributed by atoms with Gasteiger partial charge in [-0.1, -0.05) is 92.2 Å². The molecular formula is C33H45N. The van der Waals surface area contributed by atoms with Crippen LogP contribution < -0.4 is 0 Å². The highest BCUT2D eigenvalue weighted by Gasteiger charge is 2.18. The Kier molecular flexibility index (Phi) is 10.4. The number of likely N-dealkylation sites (tertiary alicyclic amines) is 1. The fourth-order valence-electron chi connectivity index (χ4n) is 4.71. The summed E-state index contributed by atoms with van der Waals surface area (Å²) in [7, 11) is 0. The molecule has 0 saturated carbocycles. The standard InChI is InChI=1S/C25H35N.C8H10/c1-4-22-7-9-23(10-8-22)19-25(24-11-5-20(2)6-12-24)15-18-26-16-13-21(3)14-17-26;1-7-5-3-4-6-8(7)2/h5-12,21,25H,4,13-19H2,1-3H3;3-6H,1-2H3. The summed E-state index contributed by atoms with van der Waals surface area (Å²) in [4.78, 5) is 2.68. The molecule has 1 heterocycles. The van der Waals surface area contributed by atoms with Crippen LogP contribution >= 0.6 is 0 Å². The average molecular weight is 456 g/mol. The fourth-order valence-corrected chi connectivity index (χ4v) is 4.71. The number of piperidine rings is 1. The number of hydrogen-bond donors (Lipinski definition) is 0. The number of rotatable bonds is 7. The highest BCUT2D eigenvalue weighted by atomic mass is 15.1. The first-order chi connectivity index (χ1) is 16.4. The molecule has 0 bridgehead atoms. The largest absolute Gasteiger partial charge is 0.303 e. The summed E-state index contributed by atoms with van der Waals surface area (Å²) in [6.45, 7) is 14.8. The van der Waals surface area contributed by atoms with Gasteiger partial charge in [0, 0.05) is 0 Å². The maximum atomic E-state index is 2.68. The van der Waals surface area contributed by atoms with E-state index < -0.39 is 0 Å². The summed E-state index contributed by atoms with van der Waals surface area (Å²) >= 11 is 0. The number of hydrogen-bond acceptors (Lipinski definition) is 1.